The van der Waals surface area contributed by atoms with Crippen LogP contribution in [0.2, 0.25) is 5.02 Å². The van der Waals surface area contributed by atoms with Gasteiger partial charge in [-0.15, -0.1) is 11.8 Å². The average molecular weight is 274 g/mol. The van der Waals surface area contributed by atoms with Crippen LogP contribution in [0.15, 0.2) is 29.2 Å². The monoisotopic (exact) mass is 273 g/mol. The van der Waals surface area contributed by atoms with Crippen molar-refractivity contribution < 1.29 is 5.11 Å². The van der Waals surface area contributed by atoms with Crippen molar-refractivity contribution in [3.8, 4) is 0 Å². The fourth-order valence-corrected chi connectivity index (χ4v) is 2.82. The molecule has 1 aromatic rings. The molecular weight excluding hydrogens is 254 g/mol. The van der Waals surface area contributed by atoms with Crippen molar-refractivity contribution >= 4 is 23.4 Å². The van der Waals surface area contributed by atoms with Crippen molar-refractivity contribution in [3.63, 3.8) is 0 Å². The van der Waals surface area contributed by atoms with Crippen LogP contribution in [0.1, 0.15) is 19.8 Å². The van der Waals surface area contributed by atoms with Gasteiger partial charge in [-0.25, -0.2) is 0 Å². The highest BCUT2D eigenvalue weighted by Gasteiger charge is 2.07. The number of hydrogen-bond donors (Lipinski definition) is 2. The molecule has 0 saturated carbocycles. The van der Waals surface area contributed by atoms with Gasteiger partial charge in [0.2, 0.25) is 0 Å². The van der Waals surface area contributed by atoms with Gasteiger partial charge in [-0.2, -0.15) is 0 Å². The number of rotatable bonds is 8. The Morgan fingerprint density at radius 3 is 2.94 bits per heavy atom. The van der Waals surface area contributed by atoms with Gasteiger partial charge in [0.25, 0.3) is 0 Å². The molecule has 0 fully saturated rings. The summed E-state index contributed by atoms with van der Waals surface area (Å²) in [7, 11) is 0. The first-order valence-corrected chi connectivity index (χ1v) is 7.35. The van der Waals surface area contributed by atoms with E-state index in [-0.39, 0.29) is 6.61 Å². The van der Waals surface area contributed by atoms with Crippen LogP contribution in [0.25, 0.3) is 0 Å². The Labute approximate surface area is 113 Å². The Kier molecular flexibility index (Phi) is 7.69. The number of benzene rings is 1. The molecule has 17 heavy (non-hydrogen) atoms. The van der Waals surface area contributed by atoms with Crippen LogP contribution in [0.4, 0.5) is 0 Å². The van der Waals surface area contributed by atoms with E-state index in [9.17, 15) is 0 Å². The normalized spacial score (nSPS) is 12.6. The molecule has 0 aliphatic rings. The first-order chi connectivity index (χ1) is 8.26. The fourth-order valence-electron chi connectivity index (χ4n) is 1.50. The van der Waals surface area contributed by atoms with Gasteiger partial charge in [0.05, 0.1) is 0 Å². The predicted molar refractivity (Wildman–Crippen MR) is 76.0 cm³/mol. The summed E-state index contributed by atoms with van der Waals surface area (Å²) >= 11 is 7.71. The second kappa shape index (κ2) is 8.81. The molecule has 1 unspecified atom stereocenters. The van der Waals surface area contributed by atoms with Gasteiger partial charge >= 0.3 is 0 Å². The molecule has 1 rings (SSSR count). The van der Waals surface area contributed by atoms with E-state index in [2.05, 4.69) is 18.3 Å². The Morgan fingerprint density at radius 2 is 2.29 bits per heavy atom. The van der Waals surface area contributed by atoms with E-state index in [4.69, 9.17) is 16.7 Å². The van der Waals surface area contributed by atoms with Crippen LogP contribution in [0, 0.1) is 0 Å². The van der Waals surface area contributed by atoms with E-state index in [1.807, 2.05) is 18.2 Å². The SMILES string of the molecule is CCCNC(CCO)CSc1cccc(Cl)c1. The minimum atomic E-state index is 0.234. The maximum atomic E-state index is 9.01. The smallest absolute Gasteiger partial charge is 0.0446 e. The first-order valence-electron chi connectivity index (χ1n) is 5.99. The number of aliphatic hydroxyl groups excluding tert-OH is 1. The van der Waals surface area contributed by atoms with E-state index in [0.717, 1.165) is 30.2 Å². The van der Waals surface area contributed by atoms with E-state index < -0.39 is 0 Å². The summed E-state index contributed by atoms with van der Waals surface area (Å²) in [6.45, 7) is 3.38. The average Bonchev–Trinajstić information content (AvgIpc) is 2.33. The van der Waals surface area contributed by atoms with Crippen molar-refractivity contribution in [2.45, 2.75) is 30.7 Å². The van der Waals surface area contributed by atoms with E-state index in [0.29, 0.717) is 6.04 Å². The lowest BCUT2D eigenvalue weighted by Crippen LogP contribution is -2.32. The third-order valence-corrected chi connectivity index (χ3v) is 3.80. The maximum absolute atomic E-state index is 9.01. The summed E-state index contributed by atoms with van der Waals surface area (Å²) < 4.78 is 0. The maximum Gasteiger partial charge on any atom is 0.0446 e. The Morgan fingerprint density at radius 1 is 1.47 bits per heavy atom. The number of aliphatic hydroxyl groups is 1. The molecule has 2 nitrogen and oxygen atoms in total. The first kappa shape index (κ1) is 14.8. The van der Waals surface area contributed by atoms with Gasteiger partial charge in [-0.05, 0) is 37.6 Å². The molecular formula is C13H20ClNOS. The van der Waals surface area contributed by atoms with Crippen LogP contribution < -0.4 is 5.32 Å². The van der Waals surface area contributed by atoms with Crippen LogP contribution in [0.5, 0.6) is 0 Å². The second-order valence-electron chi connectivity index (χ2n) is 3.93. The molecule has 0 heterocycles. The Balaban J connectivity index is 2.39. The number of halogens is 1. The van der Waals surface area contributed by atoms with Crippen molar-refractivity contribution in [3.05, 3.63) is 29.3 Å². The molecule has 0 aliphatic heterocycles. The van der Waals surface area contributed by atoms with Gasteiger partial charge in [-0.3, -0.25) is 0 Å². The number of nitrogens with one attached hydrogen (secondary N) is 1. The minimum absolute atomic E-state index is 0.234. The highest BCUT2D eigenvalue weighted by Crippen LogP contribution is 2.22. The molecule has 0 bridgehead atoms. The molecule has 0 spiro atoms. The second-order valence-corrected chi connectivity index (χ2v) is 5.46. The summed E-state index contributed by atoms with van der Waals surface area (Å²) in [6, 6.07) is 8.25. The largest absolute Gasteiger partial charge is 0.396 e. The van der Waals surface area contributed by atoms with Gasteiger partial charge < -0.3 is 10.4 Å². The summed E-state index contributed by atoms with van der Waals surface area (Å²) in [4.78, 5) is 1.18. The quantitative estimate of drug-likeness (QED) is 0.714. The molecule has 0 aliphatic carbocycles. The van der Waals surface area contributed by atoms with Crippen molar-refractivity contribution in [2.75, 3.05) is 18.9 Å². The molecule has 0 radical (unpaired) electrons. The van der Waals surface area contributed by atoms with Crippen molar-refractivity contribution in [1.29, 1.82) is 0 Å². The molecule has 0 saturated heterocycles. The minimum Gasteiger partial charge on any atom is -0.396 e. The molecule has 0 aromatic heterocycles. The lowest BCUT2D eigenvalue weighted by Gasteiger charge is -2.16. The van der Waals surface area contributed by atoms with Crippen molar-refractivity contribution in [2.24, 2.45) is 0 Å². The van der Waals surface area contributed by atoms with Gasteiger partial charge in [0, 0.05) is 28.3 Å². The molecule has 1 aromatic carbocycles. The molecule has 2 N–H and O–H groups in total. The molecule has 1 atom stereocenters. The zero-order valence-corrected chi connectivity index (χ0v) is 11.7. The van der Waals surface area contributed by atoms with Gasteiger partial charge in [0.15, 0.2) is 0 Å². The Bertz CT molecular complexity index is 322. The standard InChI is InChI=1S/C13H20ClNOS/c1-2-7-15-12(6-8-16)10-17-13-5-3-4-11(14)9-13/h3-5,9,12,15-16H,2,6-8,10H2,1H3. The topological polar surface area (TPSA) is 32.3 Å². The van der Waals surface area contributed by atoms with E-state index in [1.54, 1.807) is 11.8 Å². The summed E-state index contributed by atoms with van der Waals surface area (Å²) in [5, 5.41) is 13.2. The highest BCUT2D eigenvalue weighted by atomic mass is 35.5. The number of hydrogen-bond acceptors (Lipinski definition) is 3. The summed E-state index contributed by atoms with van der Waals surface area (Å²) in [5.41, 5.74) is 0. The molecule has 4 heteroatoms. The predicted octanol–water partition coefficient (Wildman–Crippen LogP) is 3.18. The van der Waals surface area contributed by atoms with Gasteiger partial charge in [-0.1, -0.05) is 24.6 Å². The van der Waals surface area contributed by atoms with Gasteiger partial charge in [0.1, 0.15) is 0 Å². The molecule has 96 valence electrons. The van der Waals surface area contributed by atoms with E-state index >= 15 is 0 Å². The van der Waals surface area contributed by atoms with Crippen LogP contribution in [-0.2, 0) is 0 Å². The summed E-state index contributed by atoms with van der Waals surface area (Å²) in [5.74, 6) is 0.959. The fraction of sp³-hybridized carbons (Fsp3) is 0.538. The van der Waals surface area contributed by atoms with Crippen LogP contribution in [0.3, 0.4) is 0 Å². The zero-order chi connectivity index (χ0) is 12.5. The Hall–Kier alpha value is -0.220. The third-order valence-electron chi connectivity index (χ3n) is 2.41. The van der Waals surface area contributed by atoms with Crippen LogP contribution >= 0.6 is 23.4 Å². The van der Waals surface area contributed by atoms with E-state index in [1.165, 1.54) is 4.90 Å². The lowest BCUT2D eigenvalue weighted by molar-refractivity contribution is 0.270. The van der Waals surface area contributed by atoms with Crippen molar-refractivity contribution in [1.82, 2.24) is 5.32 Å². The third kappa shape index (κ3) is 6.32. The zero-order valence-electron chi connectivity index (χ0n) is 10.2. The highest BCUT2D eigenvalue weighted by molar-refractivity contribution is 7.99. The molecule has 0 amide bonds. The summed E-state index contributed by atoms with van der Waals surface area (Å²) in [6.07, 6.45) is 1.91. The lowest BCUT2D eigenvalue weighted by atomic mass is 10.2. The number of thioether (sulfide) groups is 1. The van der Waals surface area contributed by atoms with Crippen LogP contribution in [-0.4, -0.2) is 30.1 Å².